The Bertz CT molecular complexity index is 278. The number of rotatable bonds is 2. The van der Waals surface area contributed by atoms with Crippen LogP contribution in [0.2, 0.25) is 0 Å². The Kier molecular flexibility index (Phi) is 2.67. The molecule has 0 spiro atoms. The lowest BCUT2D eigenvalue weighted by atomic mass is 10.0. The minimum absolute atomic E-state index is 0.0763. The van der Waals surface area contributed by atoms with Gasteiger partial charge in [-0.05, 0) is 36.8 Å². The molecule has 1 aliphatic rings. The van der Waals surface area contributed by atoms with E-state index < -0.39 is 0 Å². The molecular formula is C10H15NOS. The fourth-order valence-electron chi connectivity index (χ4n) is 1.74. The van der Waals surface area contributed by atoms with Gasteiger partial charge in [0.1, 0.15) is 0 Å². The molecule has 0 radical (unpaired) electrons. The van der Waals surface area contributed by atoms with Gasteiger partial charge in [-0.15, -0.1) is 11.3 Å². The maximum atomic E-state index is 6.10. The molecule has 2 unspecified atom stereocenters. The molecule has 0 bridgehead atoms. The first-order chi connectivity index (χ1) is 6.27. The van der Waals surface area contributed by atoms with Crippen molar-refractivity contribution in [2.75, 3.05) is 6.61 Å². The van der Waals surface area contributed by atoms with Gasteiger partial charge in [0.25, 0.3) is 0 Å². The van der Waals surface area contributed by atoms with E-state index >= 15 is 0 Å². The summed E-state index contributed by atoms with van der Waals surface area (Å²) < 4.78 is 5.56. The first kappa shape index (κ1) is 9.19. The van der Waals surface area contributed by atoms with E-state index in [-0.39, 0.29) is 12.1 Å². The van der Waals surface area contributed by atoms with Crippen LogP contribution in [-0.2, 0) is 4.74 Å². The molecule has 1 aliphatic heterocycles. The van der Waals surface area contributed by atoms with Crippen molar-refractivity contribution >= 4 is 11.3 Å². The van der Waals surface area contributed by atoms with Crippen LogP contribution in [0, 0.1) is 6.92 Å². The summed E-state index contributed by atoms with van der Waals surface area (Å²) in [5.74, 6) is 0. The zero-order chi connectivity index (χ0) is 9.26. The van der Waals surface area contributed by atoms with Crippen LogP contribution in [0.3, 0.4) is 0 Å². The predicted molar refractivity (Wildman–Crippen MR) is 55.0 cm³/mol. The van der Waals surface area contributed by atoms with E-state index in [0.717, 1.165) is 19.4 Å². The number of ether oxygens (including phenoxy) is 1. The molecule has 0 aliphatic carbocycles. The van der Waals surface area contributed by atoms with Crippen molar-refractivity contribution in [2.24, 2.45) is 5.73 Å². The van der Waals surface area contributed by atoms with E-state index in [1.165, 1.54) is 10.4 Å². The summed E-state index contributed by atoms with van der Waals surface area (Å²) in [5, 5.41) is 2.14. The molecule has 0 aromatic carbocycles. The molecule has 13 heavy (non-hydrogen) atoms. The molecule has 3 heteroatoms. The summed E-state index contributed by atoms with van der Waals surface area (Å²) in [6.07, 6.45) is 2.51. The largest absolute Gasteiger partial charge is 0.376 e. The molecule has 2 atom stereocenters. The molecule has 72 valence electrons. The number of hydrogen-bond donors (Lipinski definition) is 1. The summed E-state index contributed by atoms with van der Waals surface area (Å²) in [7, 11) is 0. The normalized spacial score (nSPS) is 24.9. The number of hydrogen-bond acceptors (Lipinski definition) is 3. The van der Waals surface area contributed by atoms with Crippen molar-refractivity contribution < 1.29 is 4.74 Å². The van der Waals surface area contributed by atoms with Crippen molar-refractivity contribution in [3.63, 3.8) is 0 Å². The minimum atomic E-state index is 0.0763. The van der Waals surface area contributed by atoms with Gasteiger partial charge in [0.15, 0.2) is 0 Å². The Morgan fingerprint density at radius 3 is 3.08 bits per heavy atom. The van der Waals surface area contributed by atoms with Gasteiger partial charge in [0.2, 0.25) is 0 Å². The lowest BCUT2D eigenvalue weighted by molar-refractivity contribution is 0.0901. The maximum Gasteiger partial charge on any atom is 0.0768 e. The van der Waals surface area contributed by atoms with Gasteiger partial charge >= 0.3 is 0 Å². The van der Waals surface area contributed by atoms with Crippen LogP contribution < -0.4 is 5.73 Å². The van der Waals surface area contributed by atoms with Crippen molar-refractivity contribution in [3.05, 3.63) is 21.9 Å². The van der Waals surface area contributed by atoms with Crippen LogP contribution in [0.25, 0.3) is 0 Å². The zero-order valence-electron chi connectivity index (χ0n) is 7.82. The fourth-order valence-corrected chi connectivity index (χ4v) is 2.49. The molecule has 1 saturated heterocycles. The van der Waals surface area contributed by atoms with Crippen LogP contribution in [0.5, 0.6) is 0 Å². The van der Waals surface area contributed by atoms with Gasteiger partial charge in [-0.3, -0.25) is 0 Å². The number of nitrogens with two attached hydrogens (primary N) is 1. The van der Waals surface area contributed by atoms with Gasteiger partial charge in [0, 0.05) is 11.5 Å². The Hall–Kier alpha value is -0.380. The van der Waals surface area contributed by atoms with E-state index in [1.54, 1.807) is 11.3 Å². The Morgan fingerprint density at radius 2 is 2.54 bits per heavy atom. The third kappa shape index (κ3) is 1.93. The Morgan fingerprint density at radius 1 is 1.69 bits per heavy atom. The van der Waals surface area contributed by atoms with E-state index in [4.69, 9.17) is 10.5 Å². The molecule has 2 N–H and O–H groups in total. The average Bonchev–Trinajstić information content (AvgIpc) is 2.72. The third-order valence-corrected chi connectivity index (χ3v) is 3.38. The summed E-state index contributed by atoms with van der Waals surface area (Å²) in [4.78, 5) is 1.32. The third-order valence-electron chi connectivity index (χ3n) is 2.50. The summed E-state index contributed by atoms with van der Waals surface area (Å²) >= 11 is 1.76. The first-order valence-electron chi connectivity index (χ1n) is 4.69. The van der Waals surface area contributed by atoms with Crippen LogP contribution in [-0.4, -0.2) is 12.7 Å². The quantitative estimate of drug-likeness (QED) is 0.789. The summed E-state index contributed by atoms with van der Waals surface area (Å²) in [6, 6.07) is 2.24. The SMILES string of the molecule is Cc1cc(C(N)C2CCCO2)cs1. The van der Waals surface area contributed by atoms with E-state index in [0.29, 0.717) is 0 Å². The van der Waals surface area contributed by atoms with Crippen molar-refractivity contribution in [2.45, 2.75) is 31.9 Å². The molecule has 0 amide bonds. The minimum Gasteiger partial charge on any atom is -0.376 e. The zero-order valence-corrected chi connectivity index (χ0v) is 8.64. The molecule has 1 aromatic heterocycles. The van der Waals surface area contributed by atoms with Gasteiger partial charge in [-0.25, -0.2) is 0 Å². The topological polar surface area (TPSA) is 35.2 Å². The van der Waals surface area contributed by atoms with Crippen molar-refractivity contribution in [1.29, 1.82) is 0 Å². The second kappa shape index (κ2) is 3.78. The highest BCUT2D eigenvalue weighted by molar-refractivity contribution is 7.10. The molecule has 2 nitrogen and oxygen atoms in total. The van der Waals surface area contributed by atoms with Gasteiger partial charge in [-0.1, -0.05) is 0 Å². The highest BCUT2D eigenvalue weighted by Crippen LogP contribution is 2.27. The van der Waals surface area contributed by atoms with Gasteiger partial charge in [0.05, 0.1) is 12.1 Å². The lowest BCUT2D eigenvalue weighted by Crippen LogP contribution is -2.24. The van der Waals surface area contributed by atoms with Crippen LogP contribution in [0.4, 0.5) is 0 Å². The fraction of sp³-hybridized carbons (Fsp3) is 0.600. The van der Waals surface area contributed by atoms with E-state index in [2.05, 4.69) is 18.4 Å². The predicted octanol–water partition coefficient (Wildman–Crippen LogP) is 2.24. The smallest absolute Gasteiger partial charge is 0.0768 e. The monoisotopic (exact) mass is 197 g/mol. The Labute approximate surface area is 82.7 Å². The molecule has 0 saturated carbocycles. The second-order valence-electron chi connectivity index (χ2n) is 3.57. The Balaban J connectivity index is 2.07. The molecule has 1 aromatic rings. The molecule has 1 fully saturated rings. The number of thiophene rings is 1. The average molecular weight is 197 g/mol. The van der Waals surface area contributed by atoms with Crippen LogP contribution in [0.1, 0.15) is 29.3 Å². The van der Waals surface area contributed by atoms with Crippen molar-refractivity contribution in [3.8, 4) is 0 Å². The maximum absolute atomic E-state index is 6.10. The molecule has 2 rings (SSSR count). The number of aryl methyl sites for hydroxylation is 1. The molecule has 2 heterocycles. The van der Waals surface area contributed by atoms with Crippen molar-refractivity contribution in [1.82, 2.24) is 0 Å². The highest BCUT2D eigenvalue weighted by Gasteiger charge is 2.24. The lowest BCUT2D eigenvalue weighted by Gasteiger charge is -2.16. The summed E-state index contributed by atoms with van der Waals surface area (Å²) in [5.41, 5.74) is 7.33. The molecular weight excluding hydrogens is 182 g/mol. The summed E-state index contributed by atoms with van der Waals surface area (Å²) in [6.45, 7) is 2.98. The van der Waals surface area contributed by atoms with E-state index in [1.807, 2.05) is 0 Å². The van der Waals surface area contributed by atoms with Crippen LogP contribution >= 0.6 is 11.3 Å². The first-order valence-corrected chi connectivity index (χ1v) is 5.57. The second-order valence-corrected chi connectivity index (χ2v) is 4.68. The van der Waals surface area contributed by atoms with E-state index in [9.17, 15) is 0 Å². The standard InChI is InChI=1S/C10H15NOS/c1-7-5-8(6-13-7)10(11)9-3-2-4-12-9/h5-6,9-10H,2-4,11H2,1H3. The van der Waals surface area contributed by atoms with Gasteiger partial charge in [-0.2, -0.15) is 0 Å². The highest BCUT2D eigenvalue weighted by atomic mass is 32.1. The van der Waals surface area contributed by atoms with Crippen LogP contribution in [0.15, 0.2) is 11.4 Å². The van der Waals surface area contributed by atoms with Gasteiger partial charge < -0.3 is 10.5 Å².